The zero-order valence-corrected chi connectivity index (χ0v) is 14.8. The maximum Gasteiger partial charge on any atom is 0.164 e. The van der Waals surface area contributed by atoms with Gasteiger partial charge in [0, 0.05) is 11.6 Å². The number of fused-ring (bicyclic) bond motifs is 1. The lowest BCUT2D eigenvalue weighted by atomic mass is 9.98. The highest BCUT2D eigenvalue weighted by Crippen LogP contribution is 2.37. The Kier molecular flexibility index (Phi) is 4.56. The fraction of sp³-hybridized carbons (Fsp3) is 0.316. The third kappa shape index (κ3) is 2.83. The van der Waals surface area contributed by atoms with Crippen molar-refractivity contribution in [3.8, 4) is 6.07 Å². The molecule has 3 N–H and O–H groups in total. The first-order valence-corrected chi connectivity index (χ1v) is 8.59. The van der Waals surface area contributed by atoms with Gasteiger partial charge in [-0.25, -0.2) is 14.4 Å². The van der Waals surface area contributed by atoms with Crippen molar-refractivity contribution in [1.82, 2.24) is 14.5 Å². The standard InChI is InChI=1S/C19H17FN4O4/c1-9-12-4-5-24(18(12)23-8-22-9)19-16(27)15(26)17(28-19)14(25)10-2-3-13(20)11(6-10)7-21/h2-6,8,14-17,19,25-27H,1H3/t14-,15+,16-,17-,19-/m1/s1. The number of aliphatic hydroxyl groups is 3. The fourth-order valence-corrected chi connectivity index (χ4v) is 3.48. The highest BCUT2D eigenvalue weighted by atomic mass is 19.1. The van der Waals surface area contributed by atoms with Gasteiger partial charge in [-0.2, -0.15) is 5.26 Å². The van der Waals surface area contributed by atoms with Crippen molar-refractivity contribution in [2.45, 2.75) is 37.6 Å². The molecule has 0 amide bonds. The summed E-state index contributed by atoms with van der Waals surface area (Å²) in [5.41, 5.74) is 1.24. The molecule has 3 aromatic rings. The largest absolute Gasteiger partial charge is 0.387 e. The van der Waals surface area contributed by atoms with Crippen LogP contribution in [0.1, 0.15) is 29.2 Å². The lowest BCUT2D eigenvalue weighted by Gasteiger charge is -2.21. The SMILES string of the molecule is Cc1ncnc2c1ccn2[C@@H]1O[C@H]([C@H](O)c2ccc(F)c(C#N)c2)[C@@H](O)[C@H]1O. The van der Waals surface area contributed by atoms with E-state index in [1.54, 1.807) is 22.9 Å². The van der Waals surface area contributed by atoms with Gasteiger partial charge in [-0.1, -0.05) is 6.07 Å². The number of aliphatic hydroxyl groups excluding tert-OH is 3. The predicted molar refractivity (Wildman–Crippen MR) is 94.3 cm³/mol. The van der Waals surface area contributed by atoms with Gasteiger partial charge in [0.1, 0.15) is 48.3 Å². The minimum atomic E-state index is -1.41. The van der Waals surface area contributed by atoms with Crippen LogP contribution >= 0.6 is 0 Å². The van der Waals surface area contributed by atoms with Crippen LogP contribution in [0, 0.1) is 24.1 Å². The molecule has 2 aromatic heterocycles. The van der Waals surface area contributed by atoms with E-state index in [1.807, 2.05) is 6.92 Å². The Morgan fingerprint density at radius 2 is 2.04 bits per heavy atom. The molecule has 0 bridgehead atoms. The van der Waals surface area contributed by atoms with E-state index in [-0.39, 0.29) is 11.1 Å². The van der Waals surface area contributed by atoms with E-state index >= 15 is 0 Å². The lowest BCUT2D eigenvalue weighted by molar-refractivity contribution is -0.0848. The van der Waals surface area contributed by atoms with Gasteiger partial charge in [0.25, 0.3) is 0 Å². The van der Waals surface area contributed by atoms with Crippen LogP contribution in [0.4, 0.5) is 4.39 Å². The van der Waals surface area contributed by atoms with Crippen LogP contribution in [0.2, 0.25) is 0 Å². The van der Waals surface area contributed by atoms with Crippen molar-refractivity contribution in [2.75, 3.05) is 0 Å². The topological polar surface area (TPSA) is 124 Å². The molecule has 0 spiro atoms. The Morgan fingerprint density at radius 3 is 2.79 bits per heavy atom. The minimum Gasteiger partial charge on any atom is -0.387 e. The second-order valence-electron chi connectivity index (χ2n) is 6.69. The molecule has 1 aromatic carbocycles. The Balaban J connectivity index is 1.66. The summed E-state index contributed by atoms with van der Waals surface area (Å²) < 4.78 is 20.9. The molecule has 4 rings (SSSR count). The summed E-state index contributed by atoms with van der Waals surface area (Å²) in [7, 11) is 0. The number of nitrogens with zero attached hydrogens (tertiary/aromatic N) is 4. The summed E-state index contributed by atoms with van der Waals surface area (Å²) in [6.45, 7) is 1.82. The average molecular weight is 384 g/mol. The van der Waals surface area contributed by atoms with Gasteiger partial charge in [-0.15, -0.1) is 0 Å². The van der Waals surface area contributed by atoms with E-state index in [2.05, 4.69) is 9.97 Å². The molecule has 1 fully saturated rings. The smallest absolute Gasteiger partial charge is 0.164 e. The van der Waals surface area contributed by atoms with E-state index in [1.165, 1.54) is 18.5 Å². The maximum atomic E-state index is 13.5. The molecule has 9 heteroatoms. The molecular weight excluding hydrogens is 367 g/mol. The molecule has 1 aliphatic heterocycles. The van der Waals surface area contributed by atoms with E-state index < -0.39 is 36.5 Å². The molecule has 0 saturated carbocycles. The average Bonchev–Trinajstić information content (AvgIpc) is 3.24. The number of benzene rings is 1. The van der Waals surface area contributed by atoms with Crippen molar-refractivity contribution in [1.29, 1.82) is 5.26 Å². The summed E-state index contributed by atoms with van der Waals surface area (Å²) in [5, 5.41) is 41.3. The van der Waals surface area contributed by atoms with Crippen LogP contribution < -0.4 is 0 Å². The monoisotopic (exact) mass is 384 g/mol. The molecule has 144 valence electrons. The first kappa shape index (κ1) is 18.5. The molecule has 1 saturated heterocycles. The lowest BCUT2D eigenvalue weighted by Crippen LogP contribution is -2.34. The molecule has 0 radical (unpaired) electrons. The number of halogens is 1. The summed E-state index contributed by atoms with van der Waals surface area (Å²) in [6, 6.07) is 7.03. The molecule has 0 unspecified atom stereocenters. The van der Waals surface area contributed by atoms with Crippen molar-refractivity contribution >= 4 is 11.0 Å². The van der Waals surface area contributed by atoms with Crippen LogP contribution in [0.15, 0.2) is 36.8 Å². The van der Waals surface area contributed by atoms with Crippen molar-refractivity contribution in [2.24, 2.45) is 0 Å². The zero-order chi connectivity index (χ0) is 20.0. The van der Waals surface area contributed by atoms with E-state index in [4.69, 9.17) is 10.00 Å². The summed E-state index contributed by atoms with van der Waals surface area (Å²) in [6.07, 6.45) is -3.24. The summed E-state index contributed by atoms with van der Waals surface area (Å²) in [5.74, 6) is -0.710. The third-order valence-corrected chi connectivity index (χ3v) is 5.02. The third-order valence-electron chi connectivity index (χ3n) is 5.02. The normalized spacial score (nSPS) is 25.7. The van der Waals surface area contributed by atoms with Gasteiger partial charge >= 0.3 is 0 Å². The molecule has 1 aliphatic rings. The second-order valence-corrected chi connectivity index (χ2v) is 6.69. The Hall–Kier alpha value is -2.90. The minimum absolute atomic E-state index is 0.199. The number of rotatable bonds is 3. The maximum absolute atomic E-state index is 13.5. The Morgan fingerprint density at radius 1 is 1.25 bits per heavy atom. The molecule has 8 nitrogen and oxygen atoms in total. The van der Waals surface area contributed by atoms with Crippen LogP contribution in [-0.2, 0) is 4.74 Å². The molecule has 0 aliphatic carbocycles. The van der Waals surface area contributed by atoms with E-state index in [0.29, 0.717) is 5.65 Å². The van der Waals surface area contributed by atoms with Gasteiger partial charge in [-0.05, 0) is 30.7 Å². The summed E-state index contributed by atoms with van der Waals surface area (Å²) >= 11 is 0. The van der Waals surface area contributed by atoms with Gasteiger partial charge < -0.3 is 24.6 Å². The van der Waals surface area contributed by atoms with Crippen LogP contribution in [0.3, 0.4) is 0 Å². The molecule has 3 heterocycles. The Bertz CT molecular complexity index is 1080. The van der Waals surface area contributed by atoms with Gasteiger partial charge in [0.2, 0.25) is 0 Å². The van der Waals surface area contributed by atoms with E-state index in [0.717, 1.165) is 17.1 Å². The first-order chi connectivity index (χ1) is 13.4. The van der Waals surface area contributed by atoms with Crippen LogP contribution in [0.5, 0.6) is 0 Å². The number of aromatic nitrogens is 3. The zero-order valence-electron chi connectivity index (χ0n) is 14.8. The molecule has 28 heavy (non-hydrogen) atoms. The Labute approximate surface area is 159 Å². The number of aryl methyl sites for hydroxylation is 1. The van der Waals surface area contributed by atoms with Crippen molar-refractivity contribution < 1.29 is 24.4 Å². The number of ether oxygens (including phenoxy) is 1. The first-order valence-electron chi connectivity index (χ1n) is 8.59. The van der Waals surface area contributed by atoms with Crippen LogP contribution in [0.25, 0.3) is 11.0 Å². The van der Waals surface area contributed by atoms with E-state index in [9.17, 15) is 19.7 Å². The fourth-order valence-electron chi connectivity index (χ4n) is 3.48. The summed E-state index contributed by atoms with van der Waals surface area (Å²) in [4.78, 5) is 8.32. The van der Waals surface area contributed by atoms with Gasteiger partial charge in [0.15, 0.2) is 6.23 Å². The predicted octanol–water partition coefficient (Wildman–Crippen LogP) is 1.10. The van der Waals surface area contributed by atoms with Crippen LogP contribution in [-0.4, -0.2) is 48.2 Å². The number of hydrogen-bond acceptors (Lipinski definition) is 7. The quantitative estimate of drug-likeness (QED) is 0.618. The number of nitriles is 1. The molecule has 5 atom stereocenters. The van der Waals surface area contributed by atoms with Gasteiger partial charge in [0.05, 0.1) is 11.3 Å². The highest BCUT2D eigenvalue weighted by molar-refractivity contribution is 5.78. The highest BCUT2D eigenvalue weighted by Gasteiger charge is 2.47. The van der Waals surface area contributed by atoms with Crippen molar-refractivity contribution in [3.63, 3.8) is 0 Å². The second kappa shape index (κ2) is 6.92. The number of hydrogen-bond donors (Lipinski definition) is 3. The van der Waals surface area contributed by atoms with Gasteiger partial charge in [-0.3, -0.25) is 0 Å². The van der Waals surface area contributed by atoms with Crippen molar-refractivity contribution in [3.05, 3.63) is 59.4 Å². The molecular formula is C19H17FN4O4.